The van der Waals surface area contributed by atoms with Crippen molar-refractivity contribution in [3.63, 3.8) is 0 Å². The van der Waals surface area contributed by atoms with Gasteiger partial charge in [-0.3, -0.25) is 0 Å². The first-order valence-electron chi connectivity index (χ1n) is 8.33. The summed E-state index contributed by atoms with van der Waals surface area (Å²) in [5.74, 6) is 0. The average Bonchev–Trinajstić information content (AvgIpc) is 2.90. The van der Waals surface area contributed by atoms with Crippen molar-refractivity contribution in [3.8, 4) is 0 Å². The van der Waals surface area contributed by atoms with Crippen molar-refractivity contribution < 1.29 is 5.11 Å². The number of aliphatic hydroxyl groups excluding tert-OH is 1. The van der Waals surface area contributed by atoms with Gasteiger partial charge in [0.15, 0.2) is 0 Å². The van der Waals surface area contributed by atoms with Gasteiger partial charge in [-0.1, -0.05) is 56.2 Å². The summed E-state index contributed by atoms with van der Waals surface area (Å²) >= 11 is 0. The Morgan fingerprint density at radius 1 is 1.00 bits per heavy atom. The normalized spacial score (nSPS) is 25.8. The van der Waals surface area contributed by atoms with E-state index in [0.29, 0.717) is 6.04 Å². The Balaban J connectivity index is 2.03. The summed E-state index contributed by atoms with van der Waals surface area (Å²) in [4.78, 5) is 0. The van der Waals surface area contributed by atoms with Gasteiger partial charge < -0.3 is 9.67 Å². The fourth-order valence-electron chi connectivity index (χ4n) is 4.30. The molecule has 0 amide bonds. The fourth-order valence-corrected chi connectivity index (χ4v) is 4.30. The second kappa shape index (κ2) is 5.13. The standard InChI is InChI=1S/C20H23NO/c1-20(14-22)13-7-6-12-19(20)21-17-10-4-2-8-15(17)16-9-3-5-11-18(16)21/h2-5,8-11,19,22H,6-7,12-14H2,1H3. The lowest BCUT2D eigenvalue weighted by molar-refractivity contribution is 0.0503. The van der Waals surface area contributed by atoms with Gasteiger partial charge in [0.2, 0.25) is 0 Å². The molecule has 0 bridgehead atoms. The van der Waals surface area contributed by atoms with Crippen molar-refractivity contribution in [2.75, 3.05) is 6.61 Å². The van der Waals surface area contributed by atoms with Crippen molar-refractivity contribution in [3.05, 3.63) is 48.5 Å². The lowest BCUT2D eigenvalue weighted by Gasteiger charge is -2.41. The highest BCUT2D eigenvalue weighted by Gasteiger charge is 2.38. The van der Waals surface area contributed by atoms with Gasteiger partial charge in [0.1, 0.15) is 0 Å². The summed E-state index contributed by atoms with van der Waals surface area (Å²) in [5, 5.41) is 12.7. The quantitative estimate of drug-likeness (QED) is 0.713. The van der Waals surface area contributed by atoms with Gasteiger partial charge >= 0.3 is 0 Å². The molecule has 0 radical (unpaired) electrons. The lowest BCUT2D eigenvalue weighted by atomic mass is 9.72. The summed E-state index contributed by atoms with van der Waals surface area (Å²) in [6, 6.07) is 17.7. The van der Waals surface area contributed by atoms with Crippen LogP contribution < -0.4 is 0 Å². The third kappa shape index (κ3) is 1.90. The second-order valence-electron chi connectivity index (χ2n) is 6.98. The molecule has 2 heteroatoms. The predicted molar refractivity (Wildman–Crippen MR) is 92.1 cm³/mol. The molecule has 0 spiro atoms. The molecule has 0 saturated heterocycles. The lowest BCUT2D eigenvalue weighted by Crippen LogP contribution is -2.36. The van der Waals surface area contributed by atoms with Crippen LogP contribution in [0.3, 0.4) is 0 Å². The molecule has 1 saturated carbocycles. The van der Waals surface area contributed by atoms with Crippen molar-refractivity contribution >= 4 is 21.8 Å². The third-order valence-electron chi connectivity index (χ3n) is 5.57. The Morgan fingerprint density at radius 2 is 1.59 bits per heavy atom. The highest BCUT2D eigenvalue weighted by Crippen LogP contribution is 2.47. The first kappa shape index (κ1) is 13.8. The molecule has 22 heavy (non-hydrogen) atoms. The molecule has 114 valence electrons. The van der Waals surface area contributed by atoms with Crippen molar-refractivity contribution in [2.24, 2.45) is 5.41 Å². The molecule has 1 aliphatic rings. The second-order valence-corrected chi connectivity index (χ2v) is 6.98. The van der Waals surface area contributed by atoms with Gasteiger partial charge in [0.25, 0.3) is 0 Å². The number of fused-ring (bicyclic) bond motifs is 3. The van der Waals surface area contributed by atoms with Crippen LogP contribution in [0.2, 0.25) is 0 Å². The van der Waals surface area contributed by atoms with E-state index in [1.54, 1.807) is 0 Å². The summed E-state index contributed by atoms with van der Waals surface area (Å²) in [6.45, 7) is 2.51. The van der Waals surface area contributed by atoms with Crippen LogP contribution in [0.5, 0.6) is 0 Å². The largest absolute Gasteiger partial charge is 0.396 e. The van der Waals surface area contributed by atoms with Gasteiger partial charge in [0.05, 0.1) is 6.61 Å². The molecule has 2 atom stereocenters. The van der Waals surface area contributed by atoms with E-state index < -0.39 is 0 Å². The zero-order valence-electron chi connectivity index (χ0n) is 13.1. The van der Waals surface area contributed by atoms with Crippen LogP contribution in [0.1, 0.15) is 38.6 Å². The van der Waals surface area contributed by atoms with E-state index in [-0.39, 0.29) is 12.0 Å². The molecule has 1 aliphatic carbocycles. The molecule has 2 nitrogen and oxygen atoms in total. The highest BCUT2D eigenvalue weighted by molar-refractivity contribution is 6.08. The minimum atomic E-state index is -0.0250. The Morgan fingerprint density at radius 3 is 2.18 bits per heavy atom. The van der Waals surface area contributed by atoms with Crippen LogP contribution in [0, 0.1) is 5.41 Å². The summed E-state index contributed by atoms with van der Waals surface area (Å²) < 4.78 is 2.50. The molecular formula is C20H23NO. The molecule has 0 aliphatic heterocycles. The van der Waals surface area contributed by atoms with E-state index in [9.17, 15) is 5.11 Å². The van der Waals surface area contributed by atoms with Gasteiger partial charge in [-0.05, 0) is 25.0 Å². The Bertz CT molecular complexity index is 766. The summed E-state index contributed by atoms with van der Waals surface area (Å²) in [5.41, 5.74) is 2.58. The number of hydrogen-bond donors (Lipinski definition) is 1. The molecule has 4 rings (SSSR count). The first-order chi connectivity index (χ1) is 10.7. The number of hydrogen-bond acceptors (Lipinski definition) is 1. The minimum Gasteiger partial charge on any atom is -0.396 e. The zero-order valence-corrected chi connectivity index (χ0v) is 13.1. The molecule has 1 N–H and O–H groups in total. The number of aromatic nitrogens is 1. The summed E-state index contributed by atoms with van der Waals surface area (Å²) in [6.07, 6.45) is 4.74. The SMILES string of the molecule is CC1(CO)CCCCC1n1c2ccccc2c2ccccc21. The number of aliphatic hydroxyl groups is 1. The fraction of sp³-hybridized carbons (Fsp3) is 0.400. The maximum atomic E-state index is 10.1. The van der Waals surface area contributed by atoms with Crippen LogP contribution in [-0.4, -0.2) is 16.3 Å². The minimum absolute atomic E-state index is 0.0250. The van der Waals surface area contributed by atoms with Crippen LogP contribution in [0.25, 0.3) is 21.8 Å². The molecular weight excluding hydrogens is 270 g/mol. The summed E-state index contributed by atoms with van der Waals surface area (Å²) in [7, 11) is 0. The maximum Gasteiger partial charge on any atom is 0.0504 e. The van der Waals surface area contributed by atoms with Crippen molar-refractivity contribution in [1.82, 2.24) is 4.57 Å². The van der Waals surface area contributed by atoms with Gasteiger partial charge in [-0.2, -0.15) is 0 Å². The number of para-hydroxylation sites is 2. The highest BCUT2D eigenvalue weighted by atomic mass is 16.3. The van der Waals surface area contributed by atoms with Crippen molar-refractivity contribution in [2.45, 2.75) is 38.6 Å². The Kier molecular flexibility index (Phi) is 3.23. The van der Waals surface area contributed by atoms with Gasteiger partial charge in [-0.25, -0.2) is 0 Å². The smallest absolute Gasteiger partial charge is 0.0504 e. The molecule has 2 unspecified atom stereocenters. The van der Waals surface area contributed by atoms with E-state index >= 15 is 0 Å². The van der Waals surface area contributed by atoms with Gasteiger partial charge in [-0.15, -0.1) is 0 Å². The van der Waals surface area contributed by atoms with Gasteiger partial charge in [0, 0.05) is 33.3 Å². The van der Waals surface area contributed by atoms with Crippen LogP contribution in [0.15, 0.2) is 48.5 Å². The van der Waals surface area contributed by atoms with Crippen LogP contribution in [-0.2, 0) is 0 Å². The predicted octanol–water partition coefficient (Wildman–Crippen LogP) is 4.91. The topological polar surface area (TPSA) is 25.2 Å². The Hall–Kier alpha value is -1.80. The zero-order chi connectivity index (χ0) is 15.2. The first-order valence-corrected chi connectivity index (χ1v) is 8.33. The van der Waals surface area contributed by atoms with E-state index in [4.69, 9.17) is 0 Å². The van der Waals surface area contributed by atoms with Crippen LogP contribution >= 0.6 is 0 Å². The van der Waals surface area contributed by atoms with E-state index in [1.165, 1.54) is 34.6 Å². The van der Waals surface area contributed by atoms with E-state index in [0.717, 1.165) is 12.8 Å². The molecule has 1 heterocycles. The van der Waals surface area contributed by atoms with Crippen molar-refractivity contribution in [1.29, 1.82) is 0 Å². The average molecular weight is 293 g/mol. The number of rotatable bonds is 2. The monoisotopic (exact) mass is 293 g/mol. The van der Waals surface area contributed by atoms with Crippen LogP contribution in [0.4, 0.5) is 0 Å². The van der Waals surface area contributed by atoms with E-state index in [2.05, 4.69) is 60.0 Å². The molecule has 3 aromatic rings. The Labute approximate surface area is 131 Å². The molecule has 1 fully saturated rings. The maximum absolute atomic E-state index is 10.1. The number of benzene rings is 2. The molecule has 2 aromatic carbocycles. The molecule has 1 aromatic heterocycles. The number of nitrogens with zero attached hydrogens (tertiary/aromatic N) is 1. The van der Waals surface area contributed by atoms with E-state index in [1.807, 2.05) is 0 Å². The third-order valence-corrected chi connectivity index (χ3v) is 5.57.